The lowest BCUT2D eigenvalue weighted by Gasteiger charge is -2.04. The highest BCUT2D eigenvalue weighted by molar-refractivity contribution is 5.89. The van der Waals surface area contributed by atoms with Gasteiger partial charge in [-0.05, 0) is 29.8 Å². The van der Waals surface area contributed by atoms with Crippen molar-refractivity contribution in [2.45, 2.75) is 6.54 Å². The highest BCUT2D eigenvalue weighted by Crippen LogP contribution is 2.32. The van der Waals surface area contributed by atoms with E-state index < -0.39 is 5.91 Å². The fourth-order valence-corrected chi connectivity index (χ4v) is 2.23. The summed E-state index contributed by atoms with van der Waals surface area (Å²) in [6, 6.07) is 8.92. The molecule has 0 fully saturated rings. The number of carbonyl (C=O) groups excluding carboxylic acids is 1. The molecule has 8 heteroatoms. The van der Waals surface area contributed by atoms with E-state index in [2.05, 4.69) is 20.5 Å². The molecule has 2 aromatic heterocycles. The Labute approximate surface area is 136 Å². The number of ether oxygens (including phenoxy) is 2. The Kier molecular flexibility index (Phi) is 3.54. The maximum atomic E-state index is 12.1. The van der Waals surface area contributed by atoms with Gasteiger partial charge in [0.05, 0.1) is 0 Å². The second-order valence-corrected chi connectivity index (χ2v) is 5.02. The van der Waals surface area contributed by atoms with Crippen molar-refractivity contribution in [1.29, 1.82) is 0 Å². The van der Waals surface area contributed by atoms with Gasteiger partial charge in [0.2, 0.25) is 12.7 Å². The van der Waals surface area contributed by atoms with Gasteiger partial charge in [0.15, 0.2) is 11.5 Å². The van der Waals surface area contributed by atoms with Crippen molar-refractivity contribution in [3.05, 3.63) is 54.2 Å². The molecular weight excluding hydrogens is 312 g/mol. The van der Waals surface area contributed by atoms with Gasteiger partial charge in [-0.2, -0.15) is 0 Å². The highest BCUT2D eigenvalue weighted by Gasteiger charge is 2.17. The van der Waals surface area contributed by atoms with Crippen LogP contribution >= 0.6 is 0 Å². The number of rotatable bonds is 4. The Bertz CT molecular complexity index is 879. The number of hydrogen-bond donors (Lipinski definition) is 1. The Morgan fingerprint density at radius 2 is 1.92 bits per heavy atom. The van der Waals surface area contributed by atoms with E-state index in [1.165, 1.54) is 0 Å². The zero-order valence-electron chi connectivity index (χ0n) is 12.4. The normalized spacial score (nSPS) is 12.2. The molecule has 0 spiro atoms. The maximum absolute atomic E-state index is 12.1. The molecule has 1 amide bonds. The molecule has 3 aromatic rings. The van der Waals surface area contributed by atoms with Crippen LogP contribution in [0.3, 0.4) is 0 Å². The van der Waals surface area contributed by atoms with Crippen molar-refractivity contribution < 1.29 is 18.7 Å². The minimum atomic E-state index is -0.444. The summed E-state index contributed by atoms with van der Waals surface area (Å²) in [6.07, 6.45) is 3.22. The third-order valence-corrected chi connectivity index (χ3v) is 3.44. The lowest BCUT2D eigenvalue weighted by atomic mass is 10.2. The minimum absolute atomic E-state index is 0.0949. The molecule has 0 bridgehead atoms. The van der Waals surface area contributed by atoms with Gasteiger partial charge in [-0.25, -0.2) is 0 Å². The van der Waals surface area contributed by atoms with E-state index >= 15 is 0 Å². The van der Waals surface area contributed by atoms with Gasteiger partial charge in [0, 0.05) is 24.5 Å². The molecule has 1 N–H and O–H groups in total. The average molecular weight is 324 g/mol. The van der Waals surface area contributed by atoms with E-state index in [1.54, 1.807) is 30.6 Å². The van der Waals surface area contributed by atoms with E-state index in [4.69, 9.17) is 13.9 Å². The largest absolute Gasteiger partial charge is 0.454 e. The summed E-state index contributed by atoms with van der Waals surface area (Å²) in [6.45, 7) is 0.521. The number of aromatic nitrogens is 3. The van der Waals surface area contributed by atoms with E-state index in [9.17, 15) is 4.79 Å². The first-order valence-electron chi connectivity index (χ1n) is 7.20. The number of nitrogens with one attached hydrogen (secondary N) is 1. The number of pyridine rings is 1. The van der Waals surface area contributed by atoms with Crippen LogP contribution in [-0.2, 0) is 6.54 Å². The number of amides is 1. The lowest BCUT2D eigenvalue weighted by molar-refractivity contribution is 0.0916. The van der Waals surface area contributed by atoms with E-state index in [0.717, 1.165) is 5.56 Å². The molecule has 120 valence electrons. The van der Waals surface area contributed by atoms with Crippen molar-refractivity contribution in [2.75, 3.05) is 6.79 Å². The molecule has 1 aliphatic rings. The first-order chi connectivity index (χ1) is 11.8. The van der Waals surface area contributed by atoms with E-state index in [0.29, 0.717) is 23.6 Å². The third-order valence-electron chi connectivity index (χ3n) is 3.44. The molecule has 0 saturated carbocycles. The van der Waals surface area contributed by atoms with Crippen LogP contribution in [0.15, 0.2) is 47.1 Å². The Hall–Kier alpha value is -3.42. The van der Waals surface area contributed by atoms with Crippen LogP contribution < -0.4 is 14.8 Å². The summed E-state index contributed by atoms with van der Waals surface area (Å²) in [5.41, 5.74) is 1.58. The van der Waals surface area contributed by atoms with Crippen LogP contribution in [0.2, 0.25) is 0 Å². The maximum Gasteiger partial charge on any atom is 0.309 e. The number of nitrogens with zero attached hydrogens (tertiary/aromatic N) is 3. The standard InChI is InChI=1S/C16H12N4O4/c21-14(16-20-19-15(24-16)11-3-5-17-6-4-11)18-8-10-1-2-12-13(7-10)23-9-22-12/h1-7H,8-9H2,(H,18,21). The molecule has 0 radical (unpaired) electrons. The smallest absolute Gasteiger partial charge is 0.309 e. The first kappa shape index (κ1) is 14.2. The Balaban J connectivity index is 1.42. The van der Waals surface area contributed by atoms with Gasteiger partial charge < -0.3 is 19.2 Å². The summed E-state index contributed by atoms with van der Waals surface area (Å²) in [7, 11) is 0. The van der Waals surface area contributed by atoms with Crippen molar-refractivity contribution in [2.24, 2.45) is 0 Å². The average Bonchev–Trinajstić information content (AvgIpc) is 3.29. The van der Waals surface area contributed by atoms with Crippen LogP contribution in [0.5, 0.6) is 11.5 Å². The highest BCUT2D eigenvalue weighted by atomic mass is 16.7. The fourth-order valence-electron chi connectivity index (χ4n) is 2.23. The Morgan fingerprint density at radius 3 is 2.79 bits per heavy atom. The van der Waals surface area contributed by atoms with Gasteiger partial charge in [0.1, 0.15) is 0 Å². The van der Waals surface area contributed by atoms with Crippen LogP contribution in [-0.4, -0.2) is 27.9 Å². The minimum Gasteiger partial charge on any atom is -0.454 e. The summed E-state index contributed by atoms with van der Waals surface area (Å²) in [5, 5.41) is 10.4. The molecule has 8 nitrogen and oxygen atoms in total. The van der Waals surface area contributed by atoms with Crippen molar-refractivity contribution in [1.82, 2.24) is 20.5 Å². The zero-order chi connectivity index (χ0) is 16.4. The number of carbonyl (C=O) groups is 1. The summed E-state index contributed by atoms with van der Waals surface area (Å²) >= 11 is 0. The third kappa shape index (κ3) is 2.76. The molecule has 0 saturated heterocycles. The molecule has 0 aliphatic carbocycles. The number of benzene rings is 1. The molecule has 0 atom stereocenters. The fraction of sp³-hybridized carbons (Fsp3) is 0.125. The molecule has 0 unspecified atom stereocenters. The van der Waals surface area contributed by atoms with Crippen molar-refractivity contribution in [3.63, 3.8) is 0 Å². The summed E-state index contributed by atoms with van der Waals surface area (Å²) in [5.74, 6) is 1.09. The molecule has 1 aliphatic heterocycles. The van der Waals surface area contributed by atoms with Crippen molar-refractivity contribution in [3.8, 4) is 23.0 Å². The zero-order valence-corrected chi connectivity index (χ0v) is 12.4. The topological polar surface area (TPSA) is 99.4 Å². The van der Waals surface area contributed by atoms with Gasteiger partial charge >= 0.3 is 11.8 Å². The predicted molar refractivity (Wildman–Crippen MR) is 81.3 cm³/mol. The van der Waals surface area contributed by atoms with Gasteiger partial charge in [-0.1, -0.05) is 6.07 Å². The second-order valence-electron chi connectivity index (χ2n) is 5.02. The molecule has 4 rings (SSSR count). The van der Waals surface area contributed by atoms with Crippen LogP contribution in [0.25, 0.3) is 11.5 Å². The SMILES string of the molecule is O=C(NCc1ccc2c(c1)OCO2)c1nnc(-c2ccncc2)o1. The second kappa shape index (κ2) is 5.99. The predicted octanol–water partition coefficient (Wildman–Crippen LogP) is 1.79. The van der Waals surface area contributed by atoms with Gasteiger partial charge in [-0.3, -0.25) is 9.78 Å². The number of hydrogen-bond acceptors (Lipinski definition) is 7. The van der Waals surface area contributed by atoms with Crippen LogP contribution in [0, 0.1) is 0 Å². The summed E-state index contributed by atoms with van der Waals surface area (Å²) < 4.78 is 15.9. The molecular formula is C16H12N4O4. The Morgan fingerprint density at radius 1 is 1.08 bits per heavy atom. The first-order valence-corrected chi connectivity index (χ1v) is 7.20. The summed E-state index contributed by atoms with van der Waals surface area (Å²) in [4.78, 5) is 16.0. The quantitative estimate of drug-likeness (QED) is 0.781. The van der Waals surface area contributed by atoms with Crippen LogP contribution in [0.1, 0.15) is 16.2 Å². The van der Waals surface area contributed by atoms with E-state index in [-0.39, 0.29) is 18.6 Å². The monoisotopic (exact) mass is 324 g/mol. The molecule has 1 aromatic carbocycles. The van der Waals surface area contributed by atoms with Gasteiger partial charge in [-0.15, -0.1) is 10.2 Å². The van der Waals surface area contributed by atoms with Gasteiger partial charge in [0.25, 0.3) is 0 Å². The molecule has 3 heterocycles. The lowest BCUT2D eigenvalue weighted by Crippen LogP contribution is -2.23. The van der Waals surface area contributed by atoms with Crippen LogP contribution in [0.4, 0.5) is 0 Å². The van der Waals surface area contributed by atoms with E-state index in [1.807, 2.05) is 12.1 Å². The number of fused-ring (bicyclic) bond motifs is 1. The molecule has 24 heavy (non-hydrogen) atoms. The van der Waals surface area contributed by atoms with Crippen molar-refractivity contribution >= 4 is 5.91 Å².